The van der Waals surface area contributed by atoms with Gasteiger partial charge in [-0.15, -0.1) is 0 Å². The monoisotopic (exact) mass is 312 g/mol. The van der Waals surface area contributed by atoms with Gasteiger partial charge in [0.05, 0.1) is 28.0 Å². The van der Waals surface area contributed by atoms with E-state index in [1.165, 1.54) is 18.5 Å². The molecule has 3 rings (SSSR count). The van der Waals surface area contributed by atoms with Gasteiger partial charge in [0.15, 0.2) is 5.82 Å². The van der Waals surface area contributed by atoms with Crippen molar-refractivity contribution in [3.8, 4) is 0 Å². The van der Waals surface area contributed by atoms with Gasteiger partial charge in [-0.05, 0) is 24.3 Å². The van der Waals surface area contributed by atoms with Crippen molar-refractivity contribution < 1.29 is 13.2 Å². The van der Waals surface area contributed by atoms with Gasteiger partial charge in [0.25, 0.3) is 0 Å². The molecule has 0 bridgehead atoms. The van der Waals surface area contributed by atoms with E-state index in [1.54, 1.807) is 6.07 Å². The molecule has 2 N–H and O–H groups in total. The summed E-state index contributed by atoms with van der Waals surface area (Å²) in [7, 11) is 0. The van der Waals surface area contributed by atoms with Crippen LogP contribution in [0.4, 0.5) is 24.7 Å². The highest BCUT2D eigenvalue weighted by molar-refractivity contribution is 6.33. The van der Waals surface area contributed by atoms with Crippen LogP contribution >= 0.6 is 11.6 Å². The van der Waals surface area contributed by atoms with E-state index in [4.69, 9.17) is 11.6 Å². The number of rotatable bonds is 2. The molecule has 0 fully saturated rings. The maximum absolute atomic E-state index is 12.6. The number of fused-ring (bicyclic) bond motifs is 1. The van der Waals surface area contributed by atoms with Crippen molar-refractivity contribution in [3.05, 3.63) is 47.2 Å². The van der Waals surface area contributed by atoms with E-state index in [-0.39, 0.29) is 5.52 Å². The van der Waals surface area contributed by atoms with Crippen LogP contribution in [0.5, 0.6) is 0 Å². The molecule has 0 saturated carbocycles. The summed E-state index contributed by atoms with van der Waals surface area (Å²) in [4.78, 5) is 3.92. The van der Waals surface area contributed by atoms with Crippen molar-refractivity contribution in [1.29, 1.82) is 0 Å². The van der Waals surface area contributed by atoms with Gasteiger partial charge in [0.2, 0.25) is 0 Å². The zero-order chi connectivity index (χ0) is 15.0. The fourth-order valence-electron chi connectivity index (χ4n) is 1.89. The third-order valence-electron chi connectivity index (χ3n) is 2.91. The lowest BCUT2D eigenvalue weighted by Crippen LogP contribution is -2.04. The Morgan fingerprint density at radius 3 is 2.71 bits per heavy atom. The number of aromatic nitrogens is 3. The average Bonchev–Trinajstić information content (AvgIpc) is 2.83. The lowest BCUT2D eigenvalue weighted by atomic mass is 10.1. The van der Waals surface area contributed by atoms with Crippen LogP contribution in [-0.4, -0.2) is 15.2 Å². The fraction of sp³-hybridized carbons (Fsp3) is 0.0769. The molecular formula is C13H8ClF3N4. The molecule has 0 unspecified atom stereocenters. The van der Waals surface area contributed by atoms with Crippen LogP contribution in [0.15, 0.2) is 36.7 Å². The Hall–Kier alpha value is -2.28. The largest absolute Gasteiger partial charge is 0.416 e. The Kier molecular flexibility index (Phi) is 3.21. The van der Waals surface area contributed by atoms with E-state index >= 15 is 0 Å². The summed E-state index contributed by atoms with van der Waals surface area (Å²) in [6, 6.07) is 4.97. The third-order valence-corrected chi connectivity index (χ3v) is 3.24. The topological polar surface area (TPSA) is 53.6 Å². The van der Waals surface area contributed by atoms with Crippen LogP contribution < -0.4 is 5.32 Å². The van der Waals surface area contributed by atoms with Crippen molar-refractivity contribution >= 4 is 34.0 Å². The highest BCUT2D eigenvalue weighted by Gasteiger charge is 2.30. The Morgan fingerprint density at radius 1 is 1.19 bits per heavy atom. The first-order valence-corrected chi connectivity index (χ1v) is 6.25. The van der Waals surface area contributed by atoms with Crippen LogP contribution in [0.1, 0.15) is 5.56 Å². The molecule has 2 aromatic heterocycles. The lowest BCUT2D eigenvalue weighted by Gasteiger charge is -2.07. The maximum Gasteiger partial charge on any atom is 0.416 e. The number of aromatic amines is 1. The highest BCUT2D eigenvalue weighted by Crippen LogP contribution is 2.33. The van der Waals surface area contributed by atoms with E-state index in [2.05, 4.69) is 20.5 Å². The summed E-state index contributed by atoms with van der Waals surface area (Å²) < 4.78 is 37.9. The Balaban J connectivity index is 2.00. The van der Waals surface area contributed by atoms with Crippen LogP contribution in [-0.2, 0) is 6.18 Å². The van der Waals surface area contributed by atoms with E-state index in [0.717, 1.165) is 12.1 Å². The van der Waals surface area contributed by atoms with Gasteiger partial charge < -0.3 is 5.32 Å². The molecule has 0 amide bonds. The zero-order valence-electron chi connectivity index (χ0n) is 10.4. The second-order valence-corrected chi connectivity index (χ2v) is 4.72. The molecule has 8 heteroatoms. The molecule has 0 radical (unpaired) electrons. The SMILES string of the molecule is FC(F)(F)c1ccc2c(Nc3cnccc3Cl)n[nH]c2c1. The predicted molar refractivity (Wildman–Crippen MR) is 73.6 cm³/mol. The van der Waals surface area contributed by atoms with Crippen LogP contribution in [0, 0.1) is 0 Å². The number of benzene rings is 1. The molecule has 0 aliphatic carbocycles. The number of pyridine rings is 1. The summed E-state index contributed by atoms with van der Waals surface area (Å²) >= 11 is 5.99. The summed E-state index contributed by atoms with van der Waals surface area (Å²) in [5.41, 5.74) is 0.0735. The van der Waals surface area contributed by atoms with Crippen molar-refractivity contribution in [2.45, 2.75) is 6.18 Å². The molecule has 1 aromatic carbocycles. The standard InChI is InChI=1S/C13H8ClF3N4/c14-9-3-4-18-6-11(9)19-12-8-2-1-7(13(15,16)17)5-10(8)20-21-12/h1-6H,(H2,19,20,21). The smallest absolute Gasteiger partial charge is 0.336 e. The number of hydrogen-bond donors (Lipinski definition) is 2. The Labute approximate surface area is 122 Å². The van der Waals surface area contributed by atoms with Gasteiger partial charge in [-0.3, -0.25) is 10.1 Å². The average molecular weight is 313 g/mol. The first kappa shape index (κ1) is 13.7. The highest BCUT2D eigenvalue weighted by atomic mass is 35.5. The zero-order valence-corrected chi connectivity index (χ0v) is 11.1. The molecule has 0 spiro atoms. The number of nitrogens with zero attached hydrogens (tertiary/aromatic N) is 2. The quantitative estimate of drug-likeness (QED) is 0.738. The van der Waals surface area contributed by atoms with Gasteiger partial charge in [0, 0.05) is 11.6 Å². The predicted octanol–water partition coefficient (Wildman–Crippen LogP) is 4.37. The molecule has 21 heavy (non-hydrogen) atoms. The molecule has 0 atom stereocenters. The molecule has 2 heterocycles. The number of alkyl halides is 3. The summed E-state index contributed by atoms with van der Waals surface area (Å²) in [6.07, 6.45) is -1.35. The van der Waals surface area contributed by atoms with Crippen molar-refractivity contribution in [3.63, 3.8) is 0 Å². The normalized spacial score (nSPS) is 11.8. The van der Waals surface area contributed by atoms with Gasteiger partial charge in [-0.1, -0.05) is 11.6 Å². The second kappa shape index (κ2) is 4.92. The van der Waals surface area contributed by atoms with Crippen molar-refractivity contribution in [2.24, 2.45) is 0 Å². The molecule has 0 saturated heterocycles. The summed E-state index contributed by atoms with van der Waals surface area (Å²) in [5, 5.41) is 10.4. The number of anilines is 2. The minimum absolute atomic E-state index is 0.285. The molecule has 0 aliphatic heterocycles. The van der Waals surface area contributed by atoms with E-state index in [1.807, 2.05) is 0 Å². The molecule has 3 aromatic rings. The second-order valence-electron chi connectivity index (χ2n) is 4.31. The van der Waals surface area contributed by atoms with Crippen molar-refractivity contribution in [2.75, 3.05) is 5.32 Å². The minimum atomic E-state index is -4.39. The molecule has 108 valence electrons. The number of halogens is 4. The van der Waals surface area contributed by atoms with E-state index in [0.29, 0.717) is 21.9 Å². The van der Waals surface area contributed by atoms with Crippen LogP contribution in [0.3, 0.4) is 0 Å². The van der Waals surface area contributed by atoms with E-state index in [9.17, 15) is 13.2 Å². The minimum Gasteiger partial charge on any atom is -0.336 e. The molecule has 4 nitrogen and oxygen atoms in total. The lowest BCUT2D eigenvalue weighted by molar-refractivity contribution is -0.137. The van der Waals surface area contributed by atoms with Crippen LogP contribution in [0.25, 0.3) is 10.9 Å². The number of H-pyrrole nitrogens is 1. The first-order chi connectivity index (χ1) is 9.95. The van der Waals surface area contributed by atoms with Gasteiger partial charge >= 0.3 is 6.18 Å². The fourth-order valence-corrected chi connectivity index (χ4v) is 2.04. The number of nitrogens with one attached hydrogen (secondary N) is 2. The summed E-state index contributed by atoms with van der Waals surface area (Å²) in [5.74, 6) is 0.383. The van der Waals surface area contributed by atoms with Gasteiger partial charge in [-0.25, -0.2) is 0 Å². The summed E-state index contributed by atoms with van der Waals surface area (Å²) in [6.45, 7) is 0. The third kappa shape index (κ3) is 2.64. The number of hydrogen-bond acceptors (Lipinski definition) is 3. The molecule has 0 aliphatic rings. The van der Waals surface area contributed by atoms with E-state index < -0.39 is 11.7 Å². The van der Waals surface area contributed by atoms with Gasteiger partial charge in [0.1, 0.15) is 0 Å². The Bertz CT molecular complexity index is 797. The van der Waals surface area contributed by atoms with Crippen LogP contribution in [0.2, 0.25) is 5.02 Å². The Morgan fingerprint density at radius 2 is 2.00 bits per heavy atom. The van der Waals surface area contributed by atoms with Crippen molar-refractivity contribution in [1.82, 2.24) is 15.2 Å². The first-order valence-electron chi connectivity index (χ1n) is 5.87. The maximum atomic E-state index is 12.6. The molecular weight excluding hydrogens is 305 g/mol. The van der Waals surface area contributed by atoms with Gasteiger partial charge in [-0.2, -0.15) is 18.3 Å².